The first kappa shape index (κ1) is 28.6. The molecule has 0 spiro atoms. The molecular weight excluding hydrogens is 558 g/mol. The van der Waals surface area contributed by atoms with E-state index in [0.717, 1.165) is 22.3 Å². The van der Waals surface area contributed by atoms with Crippen LogP contribution in [-0.4, -0.2) is 78.2 Å². The van der Waals surface area contributed by atoms with Gasteiger partial charge in [-0.15, -0.1) is 0 Å². The van der Waals surface area contributed by atoms with E-state index < -0.39 is 10.0 Å². The Kier molecular flexibility index (Phi) is 8.11. The molecule has 1 amide bonds. The molecule has 13 heteroatoms. The minimum Gasteiger partial charge on any atom is -0.480 e. The lowest BCUT2D eigenvalue weighted by molar-refractivity contribution is -0.126. The van der Waals surface area contributed by atoms with Gasteiger partial charge < -0.3 is 14.5 Å². The molecule has 1 N–H and O–H groups in total. The van der Waals surface area contributed by atoms with Crippen molar-refractivity contribution in [3.05, 3.63) is 73.0 Å². The quantitative estimate of drug-likeness (QED) is 0.305. The molecule has 0 radical (unpaired) electrons. The number of nitrogens with one attached hydrogen (secondary N) is 1. The summed E-state index contributed by atoms with van der Waals surface area (Å²) in [6, 6.07) is 8.79. The zero-order valence-electron chi connectivity index (χ0n) is 23.3. The fourth-order valence-corrected chi connectivity index (χ4v) is 5.98. The molecule has 0 aliphatic carbocycles. The second-order valence-electron chi connectivity index (χ2n) is 9.71. The number of allylic oxidation sites excluding steroid dienone is 1. The first-order valence-electron chi connectivity index (χ1n) is 13.1. The van der Waals surface area contributed by atoms with Crippen molar-refractivity contribution >= 4 is 44.1 Å². The maximum atomic E-state index is 13.2. The summed E-state index contributed by atoms with van der Waals surface area (Å²) in [7, 11) is -2.52. The number of pyridine rings is 2. The summed E-state index contributed by atoms with van der Waals surface area (Å²) in [4.78, 5) is 44.8. The molecule has 42 heavy (non-hydrogen) atoms. The van der Waals surface area contributed by atoms with E-state index in [9.17, 15) is 18.0 Å². The number of carbonyl (C=O) groups is 2. The van der Waals surface area contributed by atoms with E-state index in [4.69, 9.17) is 4.74 Å². The Labute approximate surface area is 243 Å². The van der Waals surface area contributed by atoms with Crippen LogP contribution in [0.3, 0.4) is 0 Å². The molecule has 1 fully saturated rings. The zero-order chi connectivity index (χ0) is 29.9. The SMILES string of the molecule is COc1ncc(-c2ccc3ncnc(N4CCN(C(=O)/C=C/C(C)=O)CC4)c3c2)cc1NS(=O)(=O)c1ccncc1C. The fourth-order valence-electron chi connectivity index (χ4n) is 4.72. The van der Waals surface area contributed by atoms with Gasteiger partial charge in [0, 0.05) is 61.8 Å². The standard InChI is InChI=1S/C29H29N7O5S/c1-19-16-30-9-8-26(19)42(39,40)34-25-15-22(17-31-29(25)41-3)21-5-6-24-23(14-21)28(33-18-32-24)36-12-10-35(11-13-36)27(38)7-4-20(2)37/h4-9,14-18,34H,10-13H2,1-3H3/b7-4+. The van der Waals surface area contributed by atoms with Gasteiger partial charge in [-0.25, -0.2) is 23.4 Å². The smallest absolute Gasteiger partial charge is 0.262 e. The van der Waals surface area contributed by atoms with Gasteiger partial charge in [0.05, 0.1) is 17.5 Å². The molecule has 1 aliphatic rings. The van der Waals surface area contributed by atoms with Crippen molar-refractivity contribution in [3.63, 3.8) is 0 Å². The maximum absolute atomic E-state index is 13.2. The Morgan fingerprint density at radius 1 is 0.976 bits per heavy atom. The van der Waals surface area contributed by atoms with Crippen LogP contribution in [0.1, 0.15) is 12.5 Å². The average molecular weight is 588 g/mol. The number of amides is 1. The number of piperazine rings is 1. The van der Waals surface area contributed by atoms with Crippen LogP contribution < -0.4 is 14.4 Å². The highest BCUT2D eigenvalue weighted by molar-refractivity contribution is 7.92. The Bertz CT molecular complexity index is 1800. The number of benzene rings is 1. The number of sulfonamides is 1. The van der Waals surface area contributed by atoms with Crippen molar-refractivity contribution in [2.45, 2.75) is 18.7 Å². The Hall–Kier alpha value is -4.91. The summed E-state index contributed by atoms with van der Waals surface area (Å²) in [5.74, 6) is 0.482. The summed E-state index contributed by atoms with van der Waals surface area (Å²) in [5, 5.41) is 0.802. The summed E-state index contributed by atoms with van der Waals surface area (Å²) in [5.41, 5.74) is 2.87. The van der Waals surface area contributed by atoms with Crippen LogP contribution in [0, 0.1) is 6.92 Å². The van der Waals surface area contributed by atoms with E-state index >= 15 is 0 Å². The van der Waals surface area contributed by atoms with Gasteiger partial charge in [-0.1, -0.05) is 6.07 Å². The highest BCUT2D eigenvalue weighted by Gasteiger charge is 2.23. The van der Waals surface area contributed by atoms with Gasteiger partial charge in [0.25, 0.3) is 10.0 Å². The topological polar surface area (TPSA) is 148 Å². The fraction of sp³-hybridized carbons (Fsp3) is 0.241. The molecule has 0 saturated carbocycles. The number of ether oxygens (including phenoxy) is 1. The van der Waals surface area contributed by atoms with E-state index in [0.29, 0.717) is 37.3 Å². The second kappa shape index (κ2) is 11.9. The first-order valence-corrected chi connectivity index (χ1v) is 14.6. The van der Waals surface area contributed by atoms with Gasteiger partial charge in [-0.3, -0.25) is 19.3 Å². The summed E-state index contributed by atoms with van der Waals surface area (Å²) < 4.78 is 34.3. The highest BCUT2D eigenvalue weighted by Crippen LogP contribution is 2.33. The molecule has 3 aromatic heterocycles. The minimum atomic E-state index is -3.94. The highest BCUT2D eigenvalue weighted by atomic mass is 32.2. The van der Waals surface area contributed by atoms with E-state index in [1.54, 1.807) is 24.1 Å². The number of anilines is 2. The van der Waals surface area contributed by atoms with Crippen LogP contribution in [0.2, 0.25) is 0 Å². The second-order valence-corrected chi connectivity index (χ2v) is 11.4. The number of aromatic nitrogens is 4. The Morgan fingerprint density at radius 2 is 1.76 bits per heavy atom. The molecule has 0 unspecified atom stereocenters. The van der Waals surface area contributed by atoms with E-state index in [1.165, 1.54) is 51.0 Å². The Morgan fingerprint density at radius 3 is 2.48 bits per heavy atom. The van der Waals surface area contributed by atoms with Crippen LogP contribution in [0.25, 0.3) is 22.0 Å². The van der Waals surface area contributed by atoms with Crippen molar-refractivity contribution in [2.24, 2.45) is 0 Å². The van der Waals surface area contributed by atoms with E-state index in [-0.39, 0.29) is 28.2 Å². The van der Waals surface area contributed by atoms with Crippen molar-refractivity contribution in [3.8, 4) is 17.0 Å². The molecule has 1 aromatic carbocycles. The number of carbonyl (C=O) groups excluding carboxylic acids is 2. The molecular formula is C29H29N7O5S. The normalized spacial score (nSPS) is 13.9. The van der Waals surface area contributed by atoms with Gasteiger partial charge in [0.15, 0.2) is 5.78 Å². The molecule has 4 aromatic rings. The van der Waals surface area contributed by atoms with Crippen molar-refractivity contribution in [1.82, 2.24) is 24.8 Å². The summed E-state index contributed by atoms with van der Waals surface area (Å²) in [6.07, 6.45) is 8.61. The van der Waals surface area contributed by atoms with Crippen LogP contribution in [-0.2, 0) is 19.6 Å². The molecule has 4 heterocycles. The first-order chi connectivity index (χ1) is 20.2. The molecule has 5 rings (SSSR count). The van der Waals surface area contributed by atoms with Crippen molar-refractivity contribution in [2.75, 3.05) is 42.9 Å². The third-order valence-electron chi connectivity index (χ3n) is 6.85. The number of nitrogens with zero attached hydrogens (tertiary/aromatic N) is 6. The monoisotopic (exact) mass is 587 g/mol. The average Bonchev–Trinajstić information content (AvgIpc) is 2.99. The van der Waals surface area contributed by atoms with Gasteiger partial charge in [-0.05, 0) is 55.3 Å². The Balaban J connectivity index is 1.43. The van der Waals surface area contributed by atoms with Crippen LogP contribution in [0.5, 0.6) is 5.88 Å². The molecule has 12 nitrogen and oxygen atoms in total. The largest absolute Gasteiger partial charge is 0.480 e. The van der Waals surface area contributed by atoms with Crippen LogP contribution >= 0.6 is 0 Å². The van der Waals surface area contributed by atoms with Crippen molar-refractivity contribution < 1.29 is 22.7 Å². The lowest BCUT2D eigenvalue weighted by atomic mass is 10.0. The van der Waals surface area contributed by atoms with Gasteiger partial charge >= 0.3 is 0 Å². The van der Waals surface area contributed by atoms with Crippen LogP contribution in [0.15, 0.2) is 72.3 Å². The zero-order valence-corrected chi connectivity index (χ0v) is 24.1. The predicted octanol–water partition coefficient (Wildman–Crippen LogP) is 3.00. The molecule has 0 bridgehead atoms. The number of ketones is 1. The van der Waals surface area contributed by atoms with Crippen LogP contribution in [0.4, 0.5) is 11.5 Å². The lowest BCUT2D eigenvalue weighted by Crippen LogP contribution is -2.48. The number of methoxy groups -OCH3 is 1. The van der Waals surface area contributed by atoms with Gasteiger partial charge in [0.2, 0.25) is 11.8 Å². The van der Waals surface area contributed by atoms with Crippen molar-refractivity contribution in [1.29, 1.82) is 0 Å². The summed E-state index contributed by atoms with van der Waals surface area (Å²) in [6.45, 7) is 5.15. The molecule has 1 saturated heterocycles. The number of aryl methyl sites for hydroxylation is 1. The number of fused-ring (bicyclic) bond motifs is 1. The van der Waals surface area contributed by atoms with Gasteiger partial charge in [-0.2, -0.15) is 0 Å². The number of hydrogen-bond donors (Lipinski definition) is 1. The maximum Gasteiger partial charge on any atom is 0.262 e. The molecule has 1 aliphatic heterocycles. The number of hydrogen-bond acceptors (Lipinski definition) is 10. The third-order valence-corrected chi connectivity index (χ3v) is 8.37. The van der Waals surface area contributed by atoms with E-state index in [2.05, 4.69) is 29.6 Å². The lowest BCUT2D eigenvalue weighted by Gasteiger charge is -2.35. The molecule has 216 valence electrons. The summed E-state index contributed by atoms with van der Waals surface area (Å²) >= 11 is 0. The third kappa shape index (κ3) is 6.05. The predicted molar refractivity (Wildman–Crippen MR) is 158 cm³/mol. The molecule has 0 atom stereocenters. The van der Waals surface area contributed by atoms with E-state index in [1.807, 2.05) is 18.2 Å². The minimum absolute atomic E-state index is 0.106. The number of rotatable bonds is 8. The van der Waals surface area contributed by atoms with Gasteiger partial charge in [0.1, 0.15) is 17.8 Å².